The molecule has 3 atom stereocenters. The van der Waals surface area contributed by atoms with Crippen LogP contribution in [0.1, 0.15) is 52.9 Å². The largest absolute Gasteiger partial charge is 0.379 e. The second-order valence-corrected chi connectivity index (χ2v) is 6.58. The molecular weight excluding hydrogens is 212 g/mol. The van der Waals surface area contributed by atoms with Crippen LogP contribution in [0, 0.1) is 0 Å². The van der Waals surface area contributed by atoms with Gasteiger partial charge in [-0.05, 0) is 52.9 Å². The predicted octanol–water partition coefficient (Wildman–Crippen LogP) is 2.14. The van der Waals surface area contributed by atoms with Crippen LogP contribution < -0.4 is 5.73 Å². The van der Waals surface area contributed by atoms with Gasteiger partial charge in [-0.2, -0.15) is 0 Å². The number of methoxy groups -OCH3 is 1. The molecular formula is C14H28N2O. The number of ether oxygens (including phenoxy) is 1. The Balaban J connectivity index is 1.99. The number of rotatable bonds is 4. The summed E-state index contributed by atoms with van der Waals surface area (Å²) < 4.78 is 5.56. The van der Waals surface area contributed by atoms with Crippen LogP contribution in [0.25, 0.3) is 0 Å². The van der Waals surface area contributed by atoms with E-state index in [1.165, 1.54) is 25.7 Å². The van der Waals surface area contributed by atoms with E-state index in [0.717, 1.165) is 18.5 Å². The number of nitrogens with zero attached hydrogens (tertiary/aromatic N) is 1. The van der Waals surface area contributed by atoms with Gasteiger partial charge in [0.15, 0.2) is 0 Å². The van der Waals surface area contributed by atoms with Crippen molar-refractivity contribution in [1.82, 2.24) is 4.90 Å². The zero-order chi connectivity index (χ0) is 12.6. The van der Waals surface area contributed by atoms with Gasteiger partial charge in [0.05, 0.1) is 5.60 Å². The first-order valence-corrected chi connectivity index (χ1v) is 7.01. The number of hydrogen-bond donors (Lipinski definition) is 1. The first-order chi connectivity index (χ1) is 7.93. The number of fused-ring (bicyclic) bond motifs is 2. The molecule has 2 rings (SSSR count). The lowest BCUT2D eigenvalue weighted by Gasteiger charge is -2.43. The normalized spacial score (nSPS) is 36.2. The lowest BCUT2D eigenvalue weighted by Crippen LogP contribution is -2.52. The van der Waals surface area contributed by atoms with Gasteiger partial charge in [-0.1, -0.05) is 0 Å². The maximum Gasteiger partial charge on any atom is 0.0637 e. The van der Waals surface area contributed by atoms with Crippen LogP contribution in [0.15, 0.2) is 0 Å². The number of piperidine rings is 1. The maximum atomic E-state index is 6.12. The molecule has 0 amide bonds. The van der Waals surface area contributed by atoms with Gasteiger partial charge in [-0.15, -0.1) is 0 Å². The molecule has 3 unspecified atom stereocenters. The number of nitrogens with two attached hydrogens (primary N) is 1. The lowest BCUT2D eigenvalue weighted by atomic mass is 9.92. The Hall–Kier alpha value is -0.120. The third-order valence-electron chi connectivity index (χ3n) is 4.67. The lowest BCUT2D eigenvalue weighted by molar-refractivity contribution is -0.0206. The van der Waals surface area contributed by atoms with Crippen molar-refractivity contribution in [1.29, 1.82) is 0 Å². The third kappa shape index (κ3) is 2.83. The highest BCUT2D eigenvalue weighted by molar-refractivity contribution is 4.99. The Labute approximate surface area is 106 Å². The summed E-state index contributed by atoms with van der Waals surface area (Å²) in [4.78, 5) is 2.73. The van der Waals surface area contributed by atoms with Gasteiger partial charge in [0, 0.05) is 31.3 Å². The van der Waals surface area contributed by atoms with Gasteiger partial charge in [-0.3, -0.25) is 4.90 Å². The molecule has 2 aliphatic rings. The SMILES string of the molecule is COC(C)(C)CC(C)N1C2CCC1CC(N)C2. The van der Waals surface area contributed by atoms with Gasteiger partial charge in [0.1, 0.15) is 0 Å². The zero-order valence-electron chi connectivity index (χ0n) is 11.8. The highest BCUT2D eigenvalue weighted by Gasteiger charge is 2.42. The quantitative estimate of drug-likeness (QED) is 0.818. The van der Waals surface area contributed by atoms with Crippen LogP contribution in [0.3, 0.4) is 0 Å². The maximum absolute atomic E-state index is 6.12. The van der Waals surface area contributed by atoms with Crippen molar-refractivity contribution in [2.75, 3.05) is 7.11 Å². The number of hydrogen-bond acceptors (Lipinski definition) is 3. The second-order valence-electron chi connectivity index (χ2n) is 6.58. The Kier molecular flexibility index (Phi) is 3.81. The highest BCUT2D eigenvalue weighted by atomic mass is 16.5. The summed E-state index contributed by atoms with van der Waals surface area (Å²) in [6.45, 7) is 6.71. The molecule has 2 N–H and O–H groups in total. The van der Waals surface area contributed by atoms with E-state index >= 15 is 0 Å². The Morgan fingerprint density at radius 1 is 1.29 bits per heavy atom. The van der Waals surface area contributed by atoms with Crippen LogP contribution in [-0.4, -0.2) is 41.8 Å². The van der Waals surface area contributed by atoms with Crippen molar-refractivity contribution in [2.24, 2.45) is 5.73 Å². The predicted molar refractivity (Wildman–Crippen MR) is 71.0 cm³/mol. The monoisotopic (exact) mass is 240 g/mol. The van der Waals surface area contributed by atoms with E-state index < -0.39 is 0 Å². The summed E-state index contributed by atoms with van der Waals surface area (Å²) in [5, 5.41) is 0. The highest BCUT2D eigenvalue weighted by Crippen LogP contribution is 2.38. The van der Waals surface area contributed by atoms with Gasteiger partial charge in [0.25, 0.3) is 0 Å². The molecule has 3 nitrogen and oxygen atoms in total. The van der Waals surface area contributed by atoms with E-state index in [-0.39, 0.29) is 5.60 Å². The van der Waals surface area contributed by atoms with E-state index in [4.69, 9.17) is 10.5 Å². The van der Waals surface area contributed by atoms with Crippen molar-refractivity contribution in [3.63, 3.8) is 0 Å². The minimum Gasteiger partial charge on any atom is -0.379 e. The molecule has 3 heteroatoms. The molecule has 2 aliphatic heterocycles. The van der Waals surface area contributed by atoms with E-state index in [2.05, 4.69) is 25.7 Å². The molecule has 0 aromatic carbocycles. The minimum absolute atomic E-state index is 0.0155. The third-order valence-corrected chi connectivity index (χ3v) is 4.67. The van der Waals surface area contributed by atoms with Gasteiger partial charge >= 0.3 is 0 Å². The van der Waals surface area contributed by atoms with E-state index in [1.807, 2.05) is 7.11 Å². The second kappa shape index (κ2) is 4.87. The fourth-order valence-corrected chi connectivity index (χ4v) is 3.88. The van der Waals surface area contributed by atoms with Gasteiger partial charge in [0.2, 0.25) is 0 Å². The summed E-state index contributed by atoms with van der Waals surface area (Å²) in [6.07, 6.45) is 6.17. The van der Waals surface area contributed by atoms with Crippen LogP contribution >= 0.6 is 0 Å². The van der Waals surface area contributed by atoms with Crippen molar-refractivity contribution in [2.45, 2.75) is 82.6 Å². The van der Waals surface area contributed by atoms with Crippen LogP contribution in [0.4, 0.5) is 0 Å². The molecule has 0 aliphatic carbocycles. The molecule has 0 saturated carbocycles. The molecule has 2 heterocycles. The summed E-state index contributed by atoms with van der Waals surface area (Å²) >= 11 is 0. The van der Waals surface area contributed by atoms with Crippen LogP contribution in [-0.2, 0) is 4.74 Å². The van der Waals surface area contributed by atoms with E-state index in [1.54, 1.807) is 0 Å². The van der Waals surface area contributed by atoms with E-state index in [9.17, 15) is 0 Å². The fraction of sp³-hybridized carbons (Fsp3) is 1.00. The van der Waals surface area contributed by atoms with Crippen LogP contribution in [0.2, 0.25) is 0 Å². The summed E-state index contributed by atoms with van der Waals surface area (Å²) in [6, 6.07) is 2.50. The molecule has 100 valence electrons. The standard InChI is InChI=1S/C14H28N2O/c1-10(9-14(2,3)17-4)16-12-5-6-13(16)8-11(15)7-12/h10-13H,5-9,15H2,1-4H3. The average Bonchev–Trinajstić information content (AvgIpc) is 2.51. The first kappa shape index (κ1) is 13.3. The Bertz CT molecular complexity index is 253. The van der Waals surface area contributed by atoms with E-state index in [0.29, 0.717) is 12.1 Å². The summed E-state index contributed by atoms with van der Waals surface area (Å²) in [5.41, 5.74) is 6.10. The van der Waals surface area contributed by atoms with Crippen LogP contribution in [0.5, 0.6) is 0 Å². The molecule has 0 aromatic heterocycles. The summed E-state index contributed by atoms with van der Waals surface area (Å²) in [7, 11) is 1.81. The first-order valence-electron chi connectivity index (χ1n) is 7.01. The van der Waals surface area contributed by atoms with Crippen molar-refractivity contribution >= 4 is 0 Å². The Morgan fingerprint density at radius 2 is 1.82 bits per heavy atom. The van der Waals surface area contributed by atoms with Gasteiger partial charge < -0.3 is 10.5 Å². The zero-order valence-corrected chi connectivity index (χ0v) is 11.8. The molecule has 2 bridgehead atoms. The van der Waals surface area contributed by atoms with Gasteiger partial charge in [-0.25, -0.2) is 0 Å². The summed E-state index contributed by atoms with van der Waals surface area (Å²) in [5.74, 6) is 0. The Morgan fingerprint density at radius 3 is 2.29 bits per heavy atom. The topological polar surface area (TPSA) is 38.5 Å². The molecule has 0 radical (unpaired) electrons. The molecule has 2 fully saturated rings. The van der Waals surface area contributed by atoms with Crippen molar-refractivity contribution in [3.05, 3.63) is 0 Å². The smallest absolute Gasteiger partial charge is 0.0637 e. The van der Waals surface area contributed by atoms with Crippen molar-refractivity contribution in [3.8, 4) is 0 Å². The molecule has 0 spiro atoms. The molecule has 2 saturated heterocycles. The minimum atomic E-state index is -0.0155. The van der Waals surface area contributed by atoms with Crippen molar-refractivity contribution < 1.29 is 4.74 Å². The molecule has 17 heavy (non-hydrogen) atoms. The average molecular weight is 240 g/mol. The molecule has 0 aromatic rings. The fourth-order valence-electron chi connectivity index (χ4n) is 3.88.